The third kappa shape index (κ3) is 5.45. The molecule has 0 radical (unpaired) electrons. The van der Waals surface area contributed by atoms with Gasteiger partial charge >= 0.3 is 0 Å². The van der Waals surface area contributed by atoms with Crippen LogP contribution in [-0.2, 0) is 4.79 Å². The highest BCUT2D eigenvalue weighted by Gasteiger charge is 2.34. The first-order valence-electron chi connectivity index (χ1n) is 11.2. The number of hydrogen-bond donors (Lipinski definition) is 0. The second-order valence-corrected chi connectivity index (χ2v) is 9.86. The molecule has 1 aliphatic heterocycles. The van der Waals surface area contributed by atoms with E-state index in [-0.39, 0.29) is 11.3 Å². The molecule has 7 heteroatoms. The summed E-state index contributed by atoms with van der Waals surface area (Å²) in [6.45, 7) is 7.46. The molecule has 2 aromatic carbocycles. The monoisotopic (exact) mass is 480 g/mol. The largest absolute Gasteiger partial charge is 0.493 e. The highest BCUT2D eigenvalue weighted by Crippen LogP contribution is 2.35. The van der Waals surface area contributed by atoms with E-state index >= 15 is 0 Å². The van der Waals surface area contributed by atoms with Crippen LogP contribution in [0.3, 0.4) is 0 Å². The third-order valence-electron chi connectivity index (χ3n) is 5.49. The highest BCUT2D eigenvalue weighted by atomic mass is 35.5. The van der Waals surface area contributed by atoms with Crippen molar-refractivity contribution in [2.45, 2.75) is 33.3 Å². The maximum absolute atomic E-state index is 13.1. The van der Waals surface area contributed by atoms with Crippen LogP contribution in [-0.4, -0.2) is 37.3 Å². The summed E-state index contributed by atoms with van der Waals surface area (Å²) in [7, 11) is 1.60. The minimum atomic E-state index is -0.543. The summed E-state index contributed by atoms with van der Waals surface area (Å²) < 4.78 is 17.5. The number of anilines is 1. The van der Waals surface area contributed by atoms with Crippen molar-refractivity contribution < 1.29 is 19.0 Å². The van der Waals surface area contributed by atoms with E-state index in [2.05, 4.69) is 25.8 Å². The number of halogens is 1. The number of carbonyl (C=O) groups excluding carboxylic acids is 1. The predicted molar refractivity (Wildman–Crippen MR) is 134 cm³/mol. The minimum Gasteiger partial charge on any atom is -0.493 e. The number of aromatic nitrogens is 1. The number of pyridine rings is 1. The molecule has 0 bridgehead atoms. The Morgan fingerprint density at radius 2 is 1.85 bits per heavy atom. The van der Waals surface area contributed by atoms with E-state index in [4.69, 9.17) is 25.8 Å². The van der Waals surface area contributed by atoms with Gasteiger partial charge in [0.25, 0.3) is 5.91 Å². The molecule has 1 unspecified atom stereocenters. The summed E-state index contributed by atoms with van der Waals surface area (Å²) in [6, 6.07) is 15.0. The molecule has 1 aliphatic rings. The summed E-state index contributed by atoms with van der Waals surface area (Å²) >= 11 is 6.24. The zero-order valence-corrected chi connectivity index (χ0v) is 20.6. The molecule has 1 amide bonds. The molecule has 1 fully saturated rings. The Morgan fingerprint density at radius 1 is 1.09 bits per heavy atom. The van der Waals surface area contributed by atoms with Crippen LogP contribution >= 0.6 is 11.6 Å². The number of nitrogens with zero attached hydrogens (tertiary/aromatic N) is 2. The second-order valence-electron chi connectivity index (χ2n) is 9.45. The molecule has 1 aromatic heterocycles. The number of amides is 1. The number of ether oxygens (including phenoxy) is 3. The lowest BCUT2D eigenvalue weighted by atomic mass is 9.99. The Morgan fingerprint density at radius 3 is 2.53 bits per heavy atom. The van der Waals surface area contributed by atoms with Crippen molar-refractivity contribution in [1.82, 2.24) is 4.98 Å². The minimum absolute atomic E-state index is 0.0297. The second kappa shape index (κ2) is 9.94. The maximum Gasteiger partial charge on any atom is 0.268 e. The van der Waals surface area contributed by atoms with E-state index in [1.165, 1.54) is 0 Å². The summed E-state index contributed by atoms with van der Waals surface area (Å²) in [5, 5.41) is 0.586. The SMILES string of the molecule is COc1cc(N2CCC(Oc3ccc(-c4ccncc4Cl)cc3)C2=O)ccc1OCC(C)(C)C. The maximum atomic E-state index is 13.1. The molecular formula is C27H29ClN2O4. The molecule has 0 spiro atoms. The van der Waals surface area contributed by atoms with Crippen molar-refractivity contribution in [3.63, 3.8) is 0 Å². The van der Waals surface area contributed by atoms with Gasteiger partial charge in [-0.15, -0.1) is 0 Å². The van der Waals surface area contributed by atoms with Gasteiger partial charge in [0.15, 0.2) is 17.6 Å². The number of hydrogen-bond acceptors (Lipinski definition) is 5. The van der Waals surface area contributed by atoms with Crippen molar-refractivity contribution in [3.8, 4) is 28.4 Å². The van der Waals surface area contributed by atoms with Crippen LogP contribution in [0.5, 0.6) is 17.2 Å². The van der Waals surface area contributed by atoms with E-state index in [9.17, 15) is 4.79 Å². The molecule has 4 rings (SSSR count). The number of rotatable bonds is 7. The third-order valence-corrected chi connectivity index (χ3v) is 5.79. The van der Waals surface area contributed by atoms with Gasteiger partial charge < -0.3 is 19.1 Å². The van der Waals surface area contributed by atoms with E-state index < -0.39 is 6.10 Å². The standard InChI is InChI=1S/C27H29ClN2O4/c1-27(2,3)17-33-23-10-7-19(15-25(23)32-4)30-14-12-24(26(30)31)34-20-8-5-18(6-9-20)21-11-13-29-16-22(21)28/h5-11,13,15-16,24H,12,14,17H2,1-4H3. The summed E-state index contributed by atoms with van der Waals surface area (Å²) in [4.78, 5) is 18.8. The van der Waals surface area contributed by atoms with Crippen LogP contribution in [0, 0.1) is 5.41 Å². The van der Waals surface area contributed by atoms with E-state index in [1.54, 1.807) is 24.4 Å². The van der Waals surface area contributed by atoms with Crippen molar-refractivity contribution >= 4 is 23.2 Å². The average Bonchev–Trinajstić information content (AvgIpc) is 3.18. The van der Waals surface area contributed by atoms with E-state index in [1.807, 2.05) is 48.5 Å². The van der Waals surface area contributed by atoms with E-state index in [0.29, 0.717) is 41.8 Å². The summed E-state index contributed by atoms with van der Waals surface area (Å²) in [5.74, 6) is 1.82. The molecule has 6 nitrogen and oxygen atoms in total. The first-order valence-corrected chi connectivity index (χ1v) is 11.6. The molecule has 0 aliphatic carbocycles. The van der Waals surface area contributed by atoms with Crippen molar-refractivity contribution in [3.05, 3.63) is 65.9 Å². The van der Waals surface area contributed by atoms with Crippen LogP contribution in [0.1, 0.15) is 27.2 Å². The van der Waals surface area contributed by atoms with Gasteiger partial charge in [0.1, 0.15) is 5.75 Å². The molecule has 3 aromatic rings. The van der Waals surface area contributed by atoms with Gasteiger partial charge in [-0.2, -0.15) is 0 Å². The van der Waals surface area contributed by atoms with Gasteiger partial charge in [0, 0.05) is 42.7 Å². The zero-order valence-electron chi connectivity index (χ0n) is 19.9. The van der Waals surface area contributed by atoms with Crippen LogP contribution < -0.4 is 19.1 Å². The number of methoxy groups -OCH3 is 1. The Hall–Kier alpha value is -3.25. The molecule has 2 heterocycles. The molecule has 0 saturated carbocycles. The van der Waals surface area contributed by atoms with Crippen LogP contribution in [0.15, 0.2) is 60.9 Å². The highest BCUT2D eigenvalue weighted by molar-refractivity contribution is 6.33. The Kier molecular flexibility index (Phi) is 6.98. The van der Waals surface area contributed by atoms with Gasteiger partial charge in [0.05, 0.1) is 18.7 Å². The van der Waals surface area contributed by atoms with Gasteiger partial charge in [-0.3, -0.25) is 9.78 Å². The fourth-order valence-corrected chi connectivity index (χ4v) is 3.97. The fraction of sp³-hybridized carbons (Fsp3) is 0.333. The molecule has 1 saturated heterocycles. The van der Waals surface area contributed by atoms with Crippen LogP contribution in [0.25, 0.3) is 11.1 Å². The molecular weight excluding hydrogens is 452 g/mol. The van der Waals surface area contributed by atoms with Crippen LogP contribution in [0.2, 0.25) is 5.02 Å². The lowest BCUT2D eigenvalue weighted by Crippen LogP contribution is -2.32. The van der Waals surface area contributed by atoms with Crippen molar-refractivity contribution in [2.75, 3.05) is 25.2 Å². The Balaban J connectivity index is 1.43. The van der Waals surface area contributed by atoms with Gasteiger partial charge in [-0.25, -0.2) is 0 Å². The van der Waals surface area contributed by atoms with E-state index in [0.717, 1.165) is 16.8 Å². The number of carbonyl (C=O) groups is 1. The first kappa shape index (κ1) is 23.9. The Bertz CT molecular complexity index is 1160. The van der Waals surface area contributed by atoms with Gasteiger partial charge in [0.2, 0.25) is 0 Å². The topological polar surface area (TPSA) is 60.9 Å². The summed E-state index contributed by atoms with van der Waals surface area (Å²) in [5.41, 5.74) is 2.65. The van der Waals surface area contributed by atoms with Crippen molar-refractivity contribution in [1.29, 1.82) is 0 Å². The zero-order chi connectivity index (χ0) is 24.3. The number of benzene rings is 2. The normalized spacial score (nSPS) is 16.0. The molecule has 178 valence electrons. The quantitative estimate of drug-likeness (QED) is 0.414. The molecule has 34 heavy (non-hydrogen) atoms. The smallest absolute Gasteiger partial charge is 0.268 e. The molecule has 1 atom stereocenters. The van der Waals surface area contributed by atoms with Crippen LogP contribution in [0.4, 0.5) is 5.69 Å². The average molecular weight is 481 g/mol. The molecule has 0 N–H and O–H groups in total. The van der Waals surface area contributed by atoms with Crippen molar-refractivity contribution in [2.24, 2.45) is 5.41 Å². The van der Waals surface area contributed by atoms with Gasteiger partial charge in [-0.05, 0) is 41.3 Å². The van der Waals surface area contributed by atoms with Gasteiger partial charge in [-0.1, -0.05) is 44.5 Å². The Labute approximate surface area is 205 Å². The predicted octanol–water partition coefficient (Wildman–Crippen LogP) is 6.02. The summed E-state index contributed by atoms with van der Waals surface area (Å²) in [6.07, 6.45) is 3.38. The first-order chi connectivity index (χ1) is 16.2. The lowest BCUT2D eigenvalue weighted by molar-refractivity contribution is -0.122. The fourth-order valence-electron chi connectivity index (χ4n) is 3.74. The lowest BCUT2D eigenvalue weighted by Gasteiger charge is -2.22.